The van der Waals surface area contributed by atoms with Gasteiger partial charge in [0.1, 0.15) is 0 Å². The van der Waals surface area contributed by atoms with Crippen molar-refractivity contribution in [1.29, 1.82) is 0 Å². The zero-order valence-corrected chi connectivity index (χ0v) is 9.96. The number of likely N-dealkylation sites (N-methyl/N-ethyl adjacent to an activating group) is 2. The topological polar surface area (TPSA) is 31.1 Å². The Kier molecular flexibility index (Phi) is 3.59. The van der Waals surface area contributed by atoms with Gasteiger partial charge in [0.25, 0.3) is 0 Å². The summed E-state index contributed by atoms with van der Waals surface area (Å²) >= 11 is 0. The van der Waals surface area contributed by atoms with Crippen molar-refractivity contribution in [2.75, 3.05) is 27.2 Å². The minimum absolute atomic E-state index is 0.997. The maximum atomic E-state index is 3.25. The van der Waals surface area contributed by atoms with E-state index < -0.39 is 0 Å². The lowest BCUT2D eigenvalue weighted by atomic mass is 10.1. The van der Waals surface area contributed by atoms with Crippen LogP contribution < -0.4 is 5.32 Å². The Balaban J connectivity index is 2.03. The van der Waals surface area contributed by atoms with Crippen molar-refractivity contribution in [2.45, 2.75) is 6.54 Å². The molecule has 86 valence electrons. The number of nitrogens with zero attached hydrogens (tertiary/aromatic N) is 1. The molecule has 0 aliphatic rings. The van der Waals surface area contributed by atoms with Gasteiger partial charge in [0, 0.05) is 31.3 Å². The van der Waals surface area contributed by atoms with Crippen LogP contribution in [0.5, 0.6) is 0 Å². The summed E-state index contributed by atoms with van der Waals surface area (Å²) in [5.41, 5.74) is 2.58. The van der Waals surface area contributed by atoms with Crippen molar-refractivity contribution in [1.82, 2.24) is 15.2 Å². The van der Waals surface area contributed by atoms with Gasteiger partial charge in [0.05, 0.1) is 0 Å². The molecule has 0 fully saturated rings. The van der Waals surface area contributed by atoms with Crippen molar-refractivity contribution in [3.63, 3.8) is 0 Å². The summed E-state index contributed by atoms with van der Waals surface area (Å²) in [6.07, 6.45) is 1.99. The van der Waals surface area contributed by atoms with Crippen LogP contribution >= 0.6 is 0 Å². The molecule has 0 bridgehead atoms. The smallest absolute Gasteiger partial charge is 0.0457 e. The third-order valence-electron chi connectivity index (χ3n) is 2.82. The van der Waals surface area contributed by atoms with Gasteiger partial charge >= 0.3 is 0 Å². The van der Waals surface area contributed by atoms with Gasteiger partial charge in [-0.05, 0) is 37.2 Å². The first kappa shape index (κ1) is 11.2. The van der Waals surface area contributed by atoms with Gasteiger partial charge in [-0.25, -0.2) is 0 Å². The van der Waals surface area contributed by atoms with Crippen molar-refractivity contribution in [3.05, 3.63) is 36.0 Å². The minimum Gasteiger partial charge on any atom is -0.361 e. The SMILES string of the molecule is CNCCN(C)Cc1ccc2cc[nH]c2c1. The Morgan fingerprint density at radius 2 is 2.19 bits per heavy atom. The standard InChI is InChI=1S/C13H19N3/c1-14-7-8-16(2)10-11-3-4-12-5-6-15-13(12)9-11/h3-6,9,14-15H,7-8,10H2,1-2H3. The Hall–Kier alpha value is -1.32. The summed E-state index contributed by atoms with van der Waals surface area (Å²) in [5.74, 6) is 0. The lowest BCUT2D eigenvalue weighted by molar-refractivity contribution is 0.328. The molecule has 1 aromatic carbocycles. The van der Waals surface area contributed by atoms with E-state index in [9.17, 15) is 0 Å². The van der Waals surface area contributed by atoms with Crippen LogP contribution in [0.3, 0.4) is 0 Å². The van der Waals surface area contributed by atoms with Crippen molar-refractivity contribution >= 4 is 10.9 Å². The summed E-state index contributed by atoms with van der Waals surface area (Å²) in [6.45, 7) is 3.09. The molecule has 0 amide bonds. The van der Waals surface area contributed by atoms with Gasteiger partial charge in [0.2, 0.25) is 0 Å². The van der Waals surface area contributed by atoms with Gasteiger partial charge in [0.15, 0.2) is 0 Å². The number of benzene rings is 1. The second kappa shape index (κ2) is 5.14. The third kappa shape index (κ3) is 2.62. The molecule has 0 radical (unpaired) electrons. The van der Waals surface area contributed by atoms with Gasteiger partial charge in [-0.15, -0.1) is 0 Å². The summed E-state index contributed by atoms with van der Waals surface area (Å²) in [5, 5.41) is 4.44. The molecule has 0 aliphatic heterocycles. The lowest BCUT2D eigenvalue weighted by Gasteiger charge is -2.16. The Morgan fingerprint density at radius 3 is 3.00 bits per heavy atom. The second-order valence-corrected chi connectivity index (χ2v) is 4.24. The molecule has 0 unspecified atom stereocenters. The highest BCUT2D eigenvalue weighted by atomic mass is 15.1. The quantitative estimate of drug-likeness (QED) is 0.800. The van der Waals surface area contributed by atoms with Gasteiger partial charge in [-0.3, -0.25) is 0 Å². The molecular weight excluding hydrogens is 198 g/mol. The van der Waals surface area contributed by atoms with Crippen molar-refractivity contribution in [3.8, 4) is 0 Å². The van der Waals surface area contributed by atoms with Crippen LogP contribution in [-0.4, -0.2) is 37.1 Å². The van der Waals surface area contributed by atoms with Gasteiger partial charge < -0.3 is 15.2 Å². The highest BCUT2D eigenvalue weighted by molar-refractivity contribution is 5.79. The zero-order chi connectivity index (χ0) is 11.4. The first-order valence-electron chi connectivity index (χ1n) is 5.69. The molecule has 2 aromatic rings. The largest absolute Gasteiger partial charge is 0.361 e. The highest BCUT2D eigenvalue weighted by Gasteiger charge is 2.01. The molecule has 2 N–H and O–H groups in total. The van der Waals surface area contributed by atoms with Crippen molar-refractivity contribution < 1.29 is 0 Å². The molecular formula is C13H19N3. The molecule has 1 aromatic heterocycles. The van der Waals surface area contributed by atoms with E-state index in [1.165, 1.54) is 16.5 Å². The normalized spacial score (nSPS) is 11.4. The first-order valence-corrected chi connectivity index (χ1v) is 5.69. The summed E-state index contributed by atoms with van der Waals surface area (Å²) in [7, 11) is 4.13. The second-order valence-electron chi connectivity index (χ2n) is 4.24. The fraction of sp³-hybridized carbons (Fsp3) is 0.385. The molecule has 3 nitrogen and oxygen atoms in total. The summed E-state index contributed by atoms with van der Waals surface area (Å²) < 4.78 is 0. The number of H-pyrrole nitrogens is 1. The Labute approximate surface area is 96.5 Å². The average Bonchev–Trinajstić information content (AvgIpc) is 2.73. The maximum Gasteiger partial charge on any atom is 0.0457 e. The molecule has 0 saturated heterocycles. The molecule has 3 heteroatoms. The van der Waals surface area contributed by atoms with E-state index in [1.54, 1.807) is 0 Å². The fourth-order valence-electron chi connectivity index (χ4n) is 1.89. The van der Waals surface area contributed by atoms with Crippen LogP contribution in [0, 0.1) is 0 Å². The van der Waals surface area contributed by atoms with E-state index in [-0.39, 0.29) is 0 Å². The number of aromatic amines is 1. The molecule has 0 aliphatic carbocycles. The number of rotatable bonds is 5. The lowest BCUT2D eigenvalue weighted by Crippen LogP contribution is -2.26. The maximum absolute atomic E-state index is 3.25. The molecule has 1 heterocycles. The monoisotopic (exact) mass is 217 g/mol. The highest BCUT2D eigenvalue weighted by Crippen LogP contribution is 2.14. The van der Waals surface area contributed by atoms with Crippen LogP contribution in [0.1, 0.15) is 5.56 Å². The molecule has 2 rings (SSSR count). The number of nitrogens with one attached hydrogen (secondary N) is 2. The van der Waals surface area contributed by atoms with Gasteiger partial charge in [-0.2, -0.15) is 0 Å². The number of aromatic nitrogens is 1. The van der Waals surface area contributed by atoms with E-state index in [0.29, 0.717) is 0 Å². The number of fused-ring (bicyclic) bond motifs is 1. The van der Waals surface area contributed by atoms with Crippen LogP contribution in [0.25, 0.3) is 10.9 Å². The fourth-order valence-corrected chi connectivity index (χ4v) is 1.89. The van der Waals surface area contributed by atoms with E-state index in [1.807, 2.05) is 13.2 Å². The molecule has 0 saturated carbocycles. The third-order valence-corrected chi connectivity index (χ3v) is 2.82. The molecule has 0 spiro atoms. The Morgan fingerprint density at radius 1 is 1.31 bits per heavy atom. The van der Waals surface area contributed by atoms with Crippen LogP contribution in [0.4, 0.5) is 0 Å². The minimum atomic E-state index is 0.997. The molecule has 16 heavy (non-hydrogen) atoms. The van der Waals surface area contributed by atoms with Crippen molar-refractivity contribution in [2.24, 2.45) is 0 Å². The molecule has 0 atom stereocenters. The first-order chi connectivity index (χ1) is 7.79. The summed E-state index contributed by atoms with van der Waals surface area (Å²) in [6, 6.07) is 8.70. The van der Waals surface area contributed by atoms with Gasteiger partial charge in [-0.1, -0.05) is 12.1 Å². The van der Waals surface area contributed by atoms with Crippen LogP contribution in [-0.2, 0) is 6.54 Å². The Bertz CT molecular complexity index is 447. The van der Waals surface area contributed by atoms with E-state index in [4.69, 9.17) is 0 Å². The average molecular weight is 217 g/mol. The van der Waals surface area contributed by atoms with Crippen LogP contribution in [0.15, 0.2) is 30.5 Å². The number of hydrogen-bond acceptors (Lipinski definition) is 2. The zero-order valence-electron chi connectivity index (χ0n) is 9.96. The predicted molar refractivity (Wildman–Crippen MR) is 68.6 cm³/mol. The van der Waals surface area contributed by atoms with Crippen LogP contribution in [0.2, 0.25) is 0 Å². The van der Waals surface area contributed by atoms with E-state index in [2.05, 4.69) is 46.5 Å². The predicted octanol–water partition coefficient (Wildman–Crippen LogP) is 1.82. The van der Waals surface area contributed by atoms with E-state index in [0.717, 1.165) is 19.6 Å². The van der Waals surface area contributed by atoms with E-state index >= 15 is 0 Å². The number of hydrogen-bond donors (Lipinski definition) is 2. The summed E-state index contributed by atoms with van der Waals surface area (Å²) in [4.78, 5) is 5.57.